The third kappa shape index (κ3) is 5.48. The van der Waals surface area contributed by atoms with Crippen LogP contribution in [0.1, 0.15) is 18.9 Å². The van der Waals surface area contributed by atoms with Crippen LogP contribution in [0, 0.1) is 0 Å². The number of nitrogens with zero attached hydrogens (tertiary/aromatic N) is 1. The first-order valence-corrected chi connectivity index (χ1v) is 9.68. The van der Waals surface area contributed by atoms with Crippen molar-refractivity contribution in [1.29, 1.82) is 0 Å². The highest BCUT2D eigenvalue weighted by Gasteiger charge is 2.22. The number of benzene rings is 2. The van der Waals surface area contributed by atoms with Gasteiger partial charge >= 0.3 is 0 Å². The van der Waals surface area contributed by atoms with E-state index in [1.54, 1.807) is 29.2 Å². The zero-order chi connectivity index (χ0) is 20.6. The number of aryl methyl sites for hydroxylation is 1. The van der Waals surface area contributed by atoms with Crippen LogP contribution in [-0.2, 0) is 20.7 Å². The van der Waals surface area contributed by atoms with E-state index in [9.17, 15) is 9.59 Å². The zero-order valence-electron chi connectivity index (χ0n) is 16.8. The fraction of sp³-hybridized carbons (Fsp3) is 0.364. The number of fused-ring (bicyclic) bond motifs is 1. The summed E-state index contributed by atoms with van der Waals surface area (Å²) in [7, 11) is 1.50. The van der Waals surface area contributed by atoms with E-state index < -0.39 is 0 Å². The van der Waals surface area contributed by atoms with Crippen LogP contribution in [0.25, 0.3) is 0 Å². The second-order valence-corrected chi connectivity index (χ2v) is 6.67. The van der Waals surface area contributed by atoms with Crippen molar-refractivity contribution < 1.29 is 23.8 Å². The lowest BCUT2D eigenvalue weighted by atomic mass is 10.0. The smallest absolute Gasteiger partial charge is 0.262 e. The topological polar surface area (TPSA) is 77.1 Å². The van der Waals surface area contributed by atoms with E-state index >= 15 is 0 Å². The molecule has 3 rings (SSSR count). The van der Waals surface area contributed by atoms with E-state index in [0.717, 1.165) is 29.8 Å². The van der Waals surface area contributed by atoms with Crippen molar-refractivity contribution in [3.63, 3.8) is 0 Å². The highest BCUT2D eigenvalue weighted by molar-refractivity contribution is 5.97. The molecule has 0 unspecified atom stereocenters. The summed E-state index contributed by atoms with van der Waals surface area (Å²) in [6.07, 6.45) is 1.81. The van der Waals surface area contributed by atoms with Crippen LogP contribution in [0.4, 0.5) is 11.4 Å². The van der Waals surface area contributed by atoms with Crippen molar-refractivity contribution in [1.82, 2.24) is 0 Å². The molecule has 1 N–H and O–H groups in total. The first-order chi connectivity index (χ1) is 14.1. The van der Waals surface area contributed by atoms with Gasteiger partial charge in [0.15, 0.2) is 6.61 Å². The van der Waals surface area contributed by atoms with Crippen LogP contribution in [0.15, 0.2) is 42.5 Å². The molecule has 2 amide bonds. The number of amides is 2. The molecular formula is C22H26N2O5. The minimum Gasteiger partial charge on any atom is -0.494 e. The number of nitrogens with one attached hydrogen (secondary N) is 1. The average Bonchev–Trinajstić information content (AvgIpc) is 2.73. The Balaban J connectivity index is 1.60. The molecule has 154 valence electrons. The molecule has 1 aliphatic heterocycles. The fourth-order valence-corrected chi connectivity index (χ4v) is 3.26. The van der Waals surface area contributed by atoms with Gasteiger partial charge in [0.2, 0.25) is 0 Å². The van der Waals surface area contributed by atoms with Crippen LogP contribution in [0.2, 0.25) is 0 Å². The molecule has 0 bridgehead atoms. The number of rotatable bonds is 8. The zero-order valence-corrected chi connectivity index (χ0v) is 16.8. The molecule has 7 nitrogen and oxygen atoms in total. The third-order valence-corrected chi connectivity index (χ3v) is 4.56. The lowest BCUT2D eigenvalue weighted by Gasteiger charge is -2.29. The van der Waals surface area contributed by atoms with Gasteiger partial charge in [0, 0.05) is 25.0 Å². The second-order valence-electron chi connectivity index (χ2n) is 6.67. The Morgan fingerprint density at radius 2 is 1.76 bits per heavy atom. The van der Waals surface area contributed by atoms with Gasteiger partial charge in [-0.1, -0.05) is 6.07 Å². The molecular weight excluding hydrogens is 372 g/mol. The predicted octanol–water partition coefficient (Wildman–Crippen LogP) is 3.03. The van der Waals surface area contributed by atoms with Gasteiger partial charge in [-0.25, -0.2) is 0 Å². The summed E-state index contributed by atoms with van der Waals surface area (Å²) in [6, 6.07) is 12.7. The summed E-state index contributed by atoms with van der Waals surface area (Å²) in [6.45, 7) is 3.08. The van der Waals surface area contributed by atoms with Crippen molar-refractivity contribution in [2.75, 3.05) is 43.7 Å². The Hall–Kier alpha value is -3.06. The fourth-order valence-electron chi connectivity index (χ4n) is 3.26. The molecule has 0 aromatic heterocycles. The summed E-state index contributed by atoms with van der Waals surface area (Å²) < 4.78 is 15.9. The number of methoxy groups -OCH3 is 1. The normalized spacial score (nSPS) is 12.8. The molecule has 0 aliphatic carbocycles. The maximum absolute atomic E-state index is 12.3. The summed E-state index contributed by atoms with van der Waals surface area (Å²) in [5.41, 5.74) is 2.54. The Morgan fingerprint density at radius 3 is 2.45 bits per heavy atom. The number of anilines is 2. The predicted molar refractivity (Wildman–Crippen MR) is 111 cm³/mol. The SMILES string of the molecule is CCOc1ccc(OCC(=O)Nc2ccc3c(c2)N(C(=O)COC)CCC3)cc1. The van der Waals surface area contributed by atoms with Crippen LogP contribution < -0.4 is 19.7 Å². The van der Waals surface area contributed by atoms with Gasteiger partial charge in [-0.15, -0.1) is 0 Å². The van der Waals surface area contributed by atoms with Gasteiger partial charge < -0.3 is 24.4 Å². The minimum absolute atomic E-state index is 0.0337. The Kier molecular flexibility index (Phi) is 7.08. The molecule has 2 aromatic rings. The Labute approximate surface area is 170 Å². The first kappa shape index (κ1) is 20.7. The standard InChI is InChI=1S/C22H26N2O5/c1-3-28-18-8-10-19(11-9-18)29-14-21(25)23-17-7-6-16-5-4-12-24(20(16)13-17)22(26)15-27-2/h6-11,13H,3-5,12,14-15H2,1-2H3,(H,23,25). The molecule has 7 heteroatoms. The molecule has 0 radical (unpaired) electrons. The van der Waals surface area contributed by atoms with E-state index in [1.165, 1.54) is 7.11 Å². The minimum atomic E-state index is -0.274. The van der Waals surface area contributed by atoms with Gasteiger partial charge in [-0.05, 0) is 61.7 Å². The van der Waals surface area contributed by atoms with Crippen molar-refractivity contribution in [2.24, 2.45) is 0 Å². The molecule has 0 saturated heterocycles. The molecule has 1 heterocycles. The number of hydrogen-bond acceptors (Lipinski definition) is 5. The highest BCUT2D eigenvalue weighted by atomic mass is 16.5. The molecule has 2 aromatic carbocycles. The van der Waals surface area contributed by atoms with Gasteiger partial charge in [0.25, 0.3) is 11.8 Å². The van der Waals surface area contributed by atoms with E-state index in [4.69, 9.17) is 14.2 Å². The molecule has 1 aliphatic rings. The molecule has 0 saturated carbocycles. The first-order valence-electron chi connectivity index (χ1n) is 9.68. The molecule has 0 spiro atoms. The average molecular weight is 398 g/mol. The Morgan fingerprint density at radius 1 is 1.03 bits per heavy atom. The van der Waals surface area contributed by atoms with Crippen LogP contribution in [0.3, 0.4) is 0 Å². The van der Waals surface area contributed by atoms with Gasteiger partial charge in [-0.3, -0.25) is 9.59 Å². The van der Waals surface area contributed by atoms with Crippen molar-refractivity contribution in [3.8, 4) is 11.5 Å². The molecule has 0 atom stereocenters. The number of ether oxygens (including phenoxy) is 3. The van der Waals surface area contributed by atoms with Gasteiger partial charge in [-0.2, -0.15) is 0 Å². The lowest BCUT2D eigenvalue weighted by molar-refractivity contribution is -0.122. The van der Waals surface area contributed by atoms with Crippen LogP contribution in [0.5, 0.6) is 11.5 Å². The maximum Gasteiger partial charge on any atom is 0.262 e. The highest BCUT2D eigenvalue weighted by Crippen LogP contribution is 2.30. The largest absolute Gasteiger partial charge is 0.494 e. The summed E-state index contributed by atoms with van der Waals surface area (Å²) in [5, 5.41) is 2.83. The van der Waals surface area contributed by atoms with Crippen molar-refractivity contribution >= 4 is 23.2 Å². The second kappa shape index (κ2) is 9.93. The summed E-state index contributed by atoms with van der Waals surface area (Å²) in [4.78, 5) is 26.3. The Bertz CT molecular complexity index is 851. The lowest BCUT2D eigenvalue weighted by Crippen LogP contribution is -2.37. The quantitative estimate of drug-likeness (QED) is 0.740. The molecule has 29 heavy (non-hydrogen) atoms. The third-order valence-electron chi connectivity index (χ3n) is 4.56. The van der Waals surface area contributed by atoms with Crippen molar-refractivity contribution in [3.05, 3.63) is 48.0 Å². The van der Waals surface area contributed by atoms with E-state index in [2.05, 4.69) is 5.32 Å². The summed E-state index contributed by atoms with van der Waals surface area (Å²) >= 11 is 0. The summed E-state index contributed by atoms with van der Waals surface area (Å²) in [5.74, 6) is 0.983. The number of hydrogen-bond donors (Lipinski definition) is 1. The number of carbonyl (C=O) groups is 2. The molecule has 0 fully saturated rings. The monoisotopic (exact) mass is 398 g/mol. The van der Waals surface area contributed by atoms with Crippen molar-refractivity contribution in [2.45, 2.75) is 19.8 Å². The van der Waals surface area contributed by atoms with Gasteiger partial charge in [0.1, 0.15) is 18.1 Å². The van der Waals surface area contributed by atoms with Crippen LogP contribution >= 0.6 is 0 Å². The van der Waals surface area contributed by atoms with Gasteiger partial charge in [0.05, 0.1) is 6.61 Å². The number of carbonyl (C=O) groups excluding carboxylic acids is 2. The maximum atomic E-state index is 12.3. The van der Waals surface area contributed by atoms with Crippen LogP contribution in [-0.4, -0.2) is 45.3 Å². The van der Waals surface area contributed by atoms with E-state index in [1.807, 2.05) is 25.1 Å². The van der Waals surface area contributed by atoms with E-state index in [-0.39, 0.29) is 25.0 Å². The van der Waals surface area contributed by atoms with E-state index in [0.29, 0.717) is 24.6 Å².